The van der Waals surface area contributed by atoms with Crippen molar-refractivity contribution in [2.75, 3.05) is 38.1 Å². The number of amides is 1. The molecule has 11 nitrogen and oxygen atoms in total. The Bertz CT molecular complexity index is 1450. The molecule has 0 radical (unpaired) electrons. The number of nitrogens with zero attached hydrogens (tertiary/aromatic N) is 3. The molecule has 38 heavy (non-hydrogen) atoms. The summed E-state index contributed by atoms with van der Waals surface area (Å²) in [6.07, 6.45) is 0.0357. The van der Waals surface area contributed by atoms with Crippen LogP contribution in [0.3, 0.4) is 0 Å². The van der Waals surface area contributed by atoms with Crippen LogP contribution in [0.4, 0.5) is 11.5 Å². The van der Waals surface area contributed by atoms with Gasteiger partial charge in [0, 0.05) is 23.4 Å². The molecule has 0 aliphatic heterocycles. The van der Waals surface area contributed by atoms with Crippen molar-refractivity contribution < 1.29 is 28.9 Å². The van der Waals surface area contributed by atoms with E-state index in [1.807, 2.05) is 6.07 Å². The fourth-order valence-electron chi connectivity index (χ4n) is 3.61. The molecule has 0 atom stereocenters. The summed E-state index contributed by atoms with van der Waals surface area (Å²) in [6, 6.07) is 13.2. The molecule has 1 aromatic heterocycles. The van der Waals surface area contributed by atoms with Crippen LogP contribution in [0.5, 0.6) is 17.2 Å². The van der Waals surface area contributed by atoms with E-state index >= 15 is 0 Å². The number of hydrogen-bond acceptors (Lipinski definition) is 10. The van der Waals surface area contributed by atoms with Crippen LogP contribution < -0.4 is 25.3 Å². The molecule has 194 valence electrons. The second-order valence-corrected chi connectivity index (χ2v) is 8.68. The van der Waals surface area contributed by atoms with Gasteiger partial charge in [-0.1, -0.05) is 6.07 Å². The van der Waals surface area contributed by atoms with Gasteiger partial charge >= 0.3 is 5.97 Å². The Morgan fingerprint density at radius 2 is 1.71 bits per heavy atom. The Morgan fingerprint density at radius 1 is 1.05 bits per heavy atom. The number of nitriles is 2. The Labute approximate surface area is 222 Å². The Morgan fingerprint density at radius 3 is 2.26 bits per heavy atom. The molecular weight excluding hydrogens is 510 g/mol. The third-order valence-electron chi connectivity index (χ3n) is 5.33. The van der Waals surface area contributed by atoms with Gasteiger partial charge in [0.1, 0.15) is 28.5 Å². The van der Waals surface area contributed by atoms with Crippen LogP contribution in [0.25, 0.3) is 11.1 Å². The summed E-state index contributed by atoms with van der Waals surface area (Å²) >= 11 is 1.12. The number of thioether (sulfide) groups is 1. The van der Waals surface area contributed by atoms with Gasteiger partial charge in [0.25, 0.3) is 0 Å². The number of carboxylic acids is 1. The number of carboxylic acid groups (broad SMARTS) is 1. The number of aromatic nitrogens is 1. The van der Waals surface area contributed by atoms with Gasteiger partial charge < -0.3 is 30.4 Å². The van der Waals surface area contributed by atoms with Crippen LogP contribution in [0.15, 0.2) is 41.4 Å². The molecule has 0 saturated carbocycles. The van der Waals surface area contributed by atoms with Crippen molar-refractivity contribution in [2.24, 2.45) is 0 Å². The van der Waals surface area contributed by atoms with E-state index in [1.165, 1.54) is 39.5 Å². The lowest BCUT2D eigenvalue weighted by Gasteiger charge is -2.17. The highest BCUT2D eigenvalue weighted by molar-refractivity contribution is 7.99. The highest BCUT2D eigenvalue weighted by atomic mass is 32.2. The highest BCUT2D eigenvalue weighted by Gasteiger charge is 2.23. The second-order valence-electron chi connectivity index (χ2n) is 7.60. The quantitative estimate of drug-likeness (QED) is 0.321. The molecule has 0 aliphatic carbocycles. The number of methoxy groups -OCH3 is 3. The maximum atomic E-state index is 12.4. The molecule has 0 saturated heterocycles. The van der Waals surface area contributed by atoms with Gasteiger partial charge in [-0.2, -0.15) is 10.5 Å². The predicted octanol–water partition coefficient (Wildman–Crippen LogP) is 3.92. The predicted molar refractivity (Wildman–Crippen MR) is 141 cm³/mol. The van der Waals surface area contributed by atoms with Gasteiger partial charge in [-0.15, -0.1) is 11.8 Å². The number of nitrogens with one attached hydrogen (secondary N) is 1. The molecule has 0 spiro atoms. The third kappa shape index (κ3) is 5.88. The first-order chi connectivity index (χ1) is 18.3. The van der Waals surface area contributed by atoms with Crippen molar-refractivity contribution in [1.29, 1.82) is 10.5 Å². The van der Waals surface area contributed by atoms with E-state index in [4.69, 9.17) is 25.1 Å². The smallest absolute Gasteiger partial charge is 0.335 e. The molecular formula is C26H23N5O6S. The monoisotopic (exact) mass is 533 g/mol. The maximum absolute atomic E-state index is 12.4. The minimum atomic E-state index is -1.10. The van der Waals surface area contributed by atoms with E-state index in [-0.39, 0.29) is 51.2 Å². The largest absolute Gasteiger partial charge is 0.493 e. The summed E-state index contributed by atoms with van der Waals surface area (Å²) in [5.41, 5.74) is 7.28. The number of rotatable bonds is 10. The van der Waals surface area contributed by atoms with E-state index in [0.717, 1.165) is 11.8 Å². The summed E-state index contributed by atoms with van der Waals surface area (Å²) in [4.78, 5) is 27.8. The lowest BCUT2D eigenvalue weighted by atomic mass is 9.96. The van der Waals surface area contributed by atoms with E-state index in [2.05, 4.69) is 16.4 Å². The van der Waals surface area contributed by atoms with E-state index in [0.29, 0.717) is 28.5 Å². The molecule has 12 heteroatoms. The normalized spacial score (nSPS) is 10.1. The molecule has 0 aliphatic rings. The van der Waals surface area contributed by atoms with Gasteiger partial charge in [-0.3, -0.25) is 4.79 Å². The molecule has 3 aromatic rings. The summed E-state index contributed by atoms with van der Waals surface area (Å²) in [5, 5.41) is 31.8. The van der Waals surface area contributed by atoms with Crippen LogP contribution in [-0.2, 0) is 4.79 Å². The molecule has 3 rings (SSSR count). The zero-order valence-electron chi connectivity index (χ0n) is 20.7. The Kier molecular flexibility index (Phi) is 8.98. The molecule has 0 bridgehead atoms. The number of anilines is 2. The molecule has 2 aromatic carbocycles. The highest BCUT2D eigenvalue weighted by Crippen LogP contribution is 2.44. The zero-order chi connectivity index (χ0) is 27.8. The number of hydrogen-bond donors (Lipinski definition) is 3. The summed E-state index contributed by atoms with van der Waals surface area (Å²) in [5.74, 6) is -0.324. The van der Waals surface area contributed by atoms with Crippen molar-refractivity contribution >= 4 is 35.1 Å². The van der Waals surface area contributed by atoms with Crippen LogP contribution in [-0.4, -0.2) is 49.0 Å². The van der Waals surface area contributed by atoms with Crippen molar-refractivity contribution in [3.05, 3.63) is 53.1 Å². The molecule has 1 amide bonds. The lowest BCUT2D eigenvalue weighted by molar-refractivity contribution is -0.115. The van der Waals surface area contributed by atoms with Gasteiger partial charge in [0.15, 0.2) is 11.5 Å². The Balaban J connectivity index is 1.91. The number of nitrogen functional groups attached to an aromatic ring is 1. The topological polar surface area (TPSA) is 181 Å². The first-order valence-corrected chi connectivity index (χ1v) is 12.0. The number of carbonyl (C=O) groups excluding carboxylic acids is 1. The van der Waals surface area contributed by atoms with E-state index in [9.17, 15) is 20.1 Å². The lowest BCUT2D eigenvalue weighted by Crippen LogP contribution is -2.13. The number of benzene rings is 2. The zero-order valence-corrected chi connectivity index (χ0v) is 21.5. The fraction of sp³-hybridized carbons (Fsp3) is 0.192. The minimum Gasteiger partial charge on any atom is -0.493 e. The number of ether oxygens (including phenoxy) is 3. The number of carbonyl (C=O) groups is 2. The number of pyridine rings is 1. The average molecular weight is 534 g/mol. The van der Waals surface area contributed by atoms with Gasteiger partial charge in [-0.05, 0) is 35.9 Å². The first kappa shape index (κ1) is 27.6. The number of nitrogens with two attached hydrogens (primary N) is 1. The average Bonchev–Trinajstić information content (AvgIpc) is 2.91. The van der Waals surface area contributed by atoms with Gasteiger partial charge in [0.05, 0.1) is 32.5 Å². The van der Waals surface area contributed by atoms with Crippen LogP contribution in [0, 0.1) is 22.7 Å². The van der Waals surface area contributed by atoms with Crippen LogP contribution in [0.1, 0.15) is 27.9 Å². The number of aromatic carboxylic acids is 1. The third-order valence-corrected chi connectivity index (χ3v) is 6.31. The Hall–Kier alpha value is -4.94. The van der Waals surface area contributed by atoms with E-state index in [1.54, 1.807) is 18.2 Å². The van der Waals surface area contributed by atoms with Crippen molar-refractivity contribution in [3.8, 4) is 40.5 Å². The van der Waals surface area contributed by atoms with Gasteiger partial charge in [-0.25, -0.2) is 9.78 Å². The molecule has 4 N–H and O–H groups in total. The SMILES string of the molecule is COc1cc(-c2c(C#N)c(N)nc(SCCC(=O)Nc3cccc(C(=O)O)c3)c2C#N)cc(OC)c1OC. The van der Waals surface area contributed by atoms with Crippen LogP contribution >= 0.6 is 11.8 Å². The fourth-order valence-corrected chi connectivity index (χ4v) is 4.55. The molecule has 1 heterocycles. The minimum absolute atomic E-state index is 0.0104. The maximum Gasteiger partial charge on any atom is 0.335 e. The first-order valence-electron chi connectivity index (χ1n) is 11.0. The van der Waals surface area contributed by atoms with Crippen molar-refractivity contribution in [2.45, 2.75) is 11.4 Å². The molecule has 0 fully saturated rings. The summed E-state index contributed by atoms with van der Waals surface area (Å²) < 4.78 is 16.2. The summed E-state index contributed by atoms with van der Waals surface area (Å²) in [7, 11) is 4.35. The van der Waals surface area contributed by atoms with E-state index < -0.39 is 5.97 Å². The van der Waals surface area contributed by atoms with Crippen LogP contribution in [0.2, 0.25) is 0 Å². The van der Waals surface area contributed by atoms with Crippen molar-refractivity contribution in [1.82, 2.24) is 4.98 Å². The van der Waals surface area contributed by atoms with Gasteiger partial charge in [0.2, 0.25) is 11.7 Å². The van der Waals surface area contributed by atoms with Crippen molar-refractivity contribution in [3.63, 3.8) is 0 Å². The standard InChI is InChI=1S/C26H23N5O6S/c1-35-19-10-15(11-20(36-2)23(19)37-3)22-17(12-27)24(29)31-25(18(22)13-28)38-8-7-21(32)30-16-6-4-5-14(9-16)26(33)34/h4-6,9-11H,7-8H2,1-3H3,(H2,29,31)(H,30,32)(H,33,34). The molecule has 0 unspecified atom stereocenters. The second kappa shape index (κ2) is 12.3. The summed E-state index contributed by atoms with van der Waals surface area (Å²) in [6.45, 7) is 0.